The summed E-state index contributed by atoms with van der Waals surface area (Å²) in [4.78, 5) is 14.7. The van der Waals surface area contributed by atoms with Crippen molar-refractivity contribution >= 4 is 11.5 Å². The topological polar surface area (TPSA) is 49.8 Å². The predicted molar refractivity (Wildman–Crippen MR) is 113 cm³/mol. The average Bonchev–Trinajstić information content (AvgIpc) is 3.01. The molecule has 1 N–H and O–H groups in total. The lowest BCUT2D eigenvalue weighted by Crippen LogP contribution is -2.29. The number of nitrogens with zero attached hydrogens (tertiary/aromatic N) is 1. The van der Waals surface area contributed by atoms with Crippen LogP contribution in [0.5, 0.6) is 5.75 Å². The summed E-state index contributed by atoms with van der Waals surface area (Å²) in [5, 5.41) is 10.8. The van der Waals surface area contributed by atoms with Crippen LogP contribution in [0.1, 0.15) is 28.3 Å². The van der Waals surface area contributed by atoms with Gasteiger partial charge in [0.25, 0.3) is 5.91 Å². The number of carbonyl (C=O) groups excluding carboxylic acids is 1. The van der Waals surface area contributed by atoms with Gasteiger partial charge in [-0.15, -0.1) is 0 Å². The first-order chi connectivity index (χ1) is 14.5. The van der Waals surface area contributed by atoms with Crippen LogP contribution in [0, 0.1) is 12.7 Å². The van der Waals surface area contributed by atoms with Crippen LogP contribution in [0.4, 0.5) is 4.39 Å². The minimum Gasteiger partial charge on any atom is -0.503 e. The van der Waals surface area contributed by atoms with Crippen molar-refractivity contribution in [1.82, 2.24) is 4.90 Å². The van der Waals surface area contributed by atoms with Crippen LogP contribution >= 0.6 is 0 Å². The molecular formula is C25H22FNO3. The van der Waals surface area contributed by atoms with Crippen LogP contribution in [-0.2, 0) is 11.3 Å². The van der Waals surface area contributed by atoms with Crippen molar-refractivity contribution in [3.63, 3.8) is 0 Å². The number of carbonyl (C=O) groups is 1. The third-order valence-electron chi connectivity index (χ3n) is 5.36. The normalized spacial score (nSPS) is 16.3. The molecule has 0 saturated heterocycles. The molecule has 3 aromatic carbocycles. The number of hydrogen-bond donors (Lipinski definition) is 1. The number of aryl methyl sites for hydroxylation is 1. The molecule has 0 aliphatic carbocycles. The molecule has 0 spiro atoms. The van der Waals surface area contributed by atoms with Gasteiger partial charge in [0.1, 0.15) is 11.6 Å². The Morgan fingerprint density at radius 3 is 2.20 bits per heavy atom. The highest BCUT2D eigenvalue weighted by Crippen LogP contribution is 2.44. The van der Waals surface area contributed by atoms with Gasteiger partial charge in [0.2, 0.25) is 0 Å². The molecule has 152 valence electrons. The fourth-order valence-corrected chi connectivity index (χ4v) is 3.76. The second-order valence-electron chi connectivity index (χ2n) is 7.36. The van der Waals surface area contributed by atoms with Crippen LogP contribution in [0.25, 0.3) is 5.57 Å². The number of hydrogen-bond acceptors (Lipinski definition) is 3. The molecule has 0 radical (unpaired) electrons. The van der Waals surface area contributed by atoms with Crippen LogP contribution in [0.15, 0.2) is 78.6 Å². The summed E-state index contributed by atoms with van der Waals surface area (Å²) in [7, 11) is 1.58. The van der Waals surface area contributed by atoms with E-state index in [4.69, 9.17) is 4.74 Å². The molecule has 0 aromatic heterocycles. The van der Waals surface area contributed by atoms with Crippen molar-refractivity contribution in [2.75, 3.05) is 7.11 Å². The van der Waals surface area contributed by atoms with E-state index in [-0.39, 0.29) is 11.6 Å². The van der Waals surface area contributed by atoms with E-state index >= 15 is 0 Å². The average molecular weight is 403 g/mol. The molecule has 4 nitrogen and oxygen atoms in total. The van der Waals surface area contributed by atoms with Crippen LogP contribution in [0.3, 0.4) is 0 Å². The van der Waals surface area contributed by atoms with Crippen molar-refractivity contribution < 1.29 is 19.0 Å². The maximum atomic E-state index is 13.6. The van der Waals surface area contributed by atoms with E-state index in [1.54, 1.807) is 36.3 Å². The van der Waals surface area contributed by atoms with Gasteiger partial charge < -0.3 is 14.7 Å². The minimum atomic E-state index is -0.534. The van der Waals surface area contributed by atoms with E-state index < -0.39 is 11.9 Å². The standard InChI is InChI=1S/C25H22FNO3/c1-16-3-5-17(6-4-16)15-27-23(19-7-11-20(26)12-8-19)22(24(28)25(27)29)18-9-13-21(30-2)14-10-18/h3-14,23,28H,15H2,1-2H3/t23-/m1/s1. The third-order valence-corrected chi connectivity index (χ3v) is 5.36. The Labute approximate surface area is 174 Å². The van der Waals surface area contributed by atoms with Gasteiger partial charge in [-0.25, -0.2) is 4.39 Å². The number of amides is 1. The van der Waals surface area contributed by atoms with Crippen LogP contribution in [-0.4, -0.2) is 23.0 Å². The Bertz CT molecular complexity index is 1090. The van der Waals surface area contributed by atoms with Gasteiger partial charge >= 0.3 is 0 Å². The maximum Gasteiger partial charge on any atom is 0.290 e. The highest BCUT2D eigenvalue weighted by Gasteiger charge is 2.41. The highest BCUT2D eigenvalue weighted by molar-refractivity contribution is 6.05. The van der Waals surface area contributed by atoms with Gasteiger partial charge in [0.05, 0.1) is 13.2 Å². The smallest absolute Gasteiger partial charge is 0.290 e. The van der Waals surface area contributed by atoms with Gasteiger partial charge in [-0.2, -0.15) is 0 Å². The molecular weight excluding hydrogens is 381 g/mol. The molecule has 1 aliphatic heterocycles. The van der Waals surface area contributed by atoms with E-state index in [1.165, 1.54) is 12.1 Å². The number of aliphatic hydroxyl groups is 1. The van der Waals surface area contributed by atoms with Gasteiger partial charge in [0.15, 0.2) is 5.76 Å². The molecule has 3 aromatic rings. The van der Waals surface area contributed by atoms with Crippen molar-refractivity contribution in [3.05, 3.63) is 107 Å². The zero-order valence-corrected chi connectivity index (χ0v) is 16.8. The van der Waals surface area contributed by atoms with E-state index in [9.17, 15) is 14.3 Å². The zero-order valence-electron chi connectivity index (χ0n) is 16.8. The van der Waals surface area contributed by atoms with Crippen molar-refractivity contribution in [1.29, 1.82) is 0 Å². The first-order valence-corrected chi connectivity index (χ1v) is 9.67. The number of halogens is 1. The van der Waals surface area contributed by atoms with Crippen LogP contribution < -0.4 is 4.74 Å². The summed E-state index contributed by atoms with van der Waals surface area (Å²) in [5.74, 6) is -0.414. The summed E-state index contributed by atoms with van der Waals surface area (Å²) >= 11 is 0. The summed E-state index contributed by atoms with van der Waals surface area (Å²) in [6.07, 6.45) is 0. The Morgan fingerprint density at radius 2 is 1.60 bits per heavy atom. The van der Waals surface area contributed by atoms with Gasteiger partial charge in [-0.1, -0.05) is 54.1 Å². The van der Waals surface area contributed by atoms with Crippen molar-refractivity contribution in [3.8, 4) is 5.75 Å². The first-order valence-electron chi connectivity index (χ1n) is 9.67. The highest BCUT2D eigenvalue weighted by atomic mass is 19.1. The van der Waals surface area contributed by atoms with Crippen molar-refractivity contribution in [2.24, 2.45) is 0 Å². The predicted octanol–water partition coefficient (Wildman–Crippen LogP) is 5.20. The summed E-state index contributed by atoms with van der Waals surface area (Å²) in [5.41, 5.74) is 4.02. The van der Waals surface area contributed by atoms with Crippen LogP contribution in [0.2, 0.25) is 0 Å². The zero-order chi connectivity index (χ0) is 21.3. The lowest BCUT2D eigenvalue weighted by atomic mass is 9.93. The Balaban J connectivity index is 1.79. The molecule has 0 unspecified atom stereocenters. The molecule has 1 heterocycles. The lowest BCUT2D eigenvalue weighted by molar-refractivity contribution is -0.130. The molecule has 0 saturated carbocycles. The summed E-state index contributed by atoms with van der Waals surface area (Å²) < 4.78 is 18.8. The lowest BCUT2D eigenvalue weighted by Gasteiger charge is -2.27. The number of aliphatic hydroxyl groups excluding tert-OH is 1. The summed E-state index contributed by atoms with van der Waals surface area (Å²) in [6, 6.07) is 20.6. The first kappa shape index (κ1) is 19.7. The van der Waals surface area contributed by atoms with Gasteiger partial charge in [0, 0.05) is 12.1 Å². The number of rotatable bonds is 5. The Kier molecular flexibility index (Phi) is 5.27. The molecule has 1 atom stereocenters. The van der Waals surface area contributed by atoms with Gasteiger partial charge in [-0.05, 0) is 47.9 Å². The van der Waals surface area contributed by atoms with E-state index in [0.29, 0.717) is 23.4 Å². The minimum absolute atomic E-state index is 0.290. The molecule has 1 aliphatic rings. The van der Waals surface area contributed by atoms with E-state index in [2.05, 4.69) is 0 Å². The van der Waals surface area contributed by atoms with Gasteiger partial charge in [-0.3, -0.25) is 4.79 Å². The largest absolute Gasteiger partial charge is 0.503 e. The second-order valence-corrected chi connectivity index (χ2v) is 7.36. The monoisotopic (exact) mass is 403 g/mol. The third kappa shape index (κ3) is 3.66. The van der Waals surface area contributed by atoms with E-state index in [0.717, 1.165) is 16.7 Å². The fraction of sp³-hybridized carbons (Fsp3) is 0.160. The maximum absolute atomic E-state index is 13.6. The molecule has 30 heavy (non-hydrogen) atoms. The van der Waals surface area contributed by atoms with E-state index in [1.807, 2.05) is 43.3 Å². The Morgan fingerprint density at radius 1 is 0.967 bits per heavy atom. The SMILES string of the molecule is COc1ccc(C2=C(O)C(=O)N(Cc3ccc(C)cc3)[C@@H]2c2ccc(F)cc2)cc1. The molecule has 0 bridgehead atoms. The fourth-order valence-electron chi connectivity index (χ4n) is 3.76. The number of ether oxygens (including phenoxy) is 1. The molecule has 0 fully saturated rings. The number of benzene rings is 3. The summed E-state index contributed by atoms with van der Waals surface area (Å²) in [6.45, 7) is 2.33. The Hall–Kier alpha value is -3.60. The number of methoxy groups -OCH3 is 1. The second kappa shape index (κ2) is 8.03. The van der Waals surface area contributed by atoms with Crippen molar-refractivity contribution in [2.45, 2.75) is 19.5 Å². The molecule has 4 rings (SSSR count). The molecule has 1 amide bonds. The molecule has 5 heteroatoms. The quantitative estimate of drug-likeness (QED) is 0.637.